The van der Waals surface area contributed by atoms with Crippen LogP contribution in [0.1, 0.15) is 11.1 Å². The fraction of sp³-hybridized carbons (Fsp3) is 0.161. The van der Waals surface area contributed by atoms with Crippen molar-refractivity contribution in [2.75, 3.05) is 17.9 Å². The fourth-order valence-corrected chi connectivity index (χ4v) is 6.31. The molecular formula is C31H29Cl2N3O4S. The molecule has 0 aliphatic heterocycles. The summed E-state index contributed by atoms with van der Waals surface area (Å²) in [5, 5.41) is 2.79. The highest BCUT2D eigenvalue weighted by atomic mass is 35.5. The van der Waals surface area contributed by atoms with Crippen molar-refractivity contribution in [1.82, 2.24) is 10.2 Å². The van der Waals surface area contributed by atoms with Crippen LogP contribution in [0.3, 0.4) is 0 Å². The van der Waals surface area contributed by atoms with E-state index in [9.17, 15) is 18.0 Å². The van der Waals surface area contributed by atoms with E-state index in [1.54, 1.807) is 24.3 Å². The van der Waals surface area contributed by atoms with Crippen molar-refractivity contribution in [2.24, 2.45) is 0 Å². The molecule has 0 aliphatic carbocycles. The summed E-state index contributed by atoms with van der Waals surface area (Å²) in [6.07, 6.45) is 0.225. The number of likely N-dealkylation sites (N-methyl/N-ethyl adjacent to an activating group) is 1. The molecule has 0 saturated heterocycles. The summed E-state index contributed by atoms with van der Waals surface area (Å²) in [7, 11) is -2.76. The smallest absolute Gasteiger partial charge is 0.264 e. The van der Waals surface area contributed by atoms with Gasteiger partial charge in [-0.2, -0.15) is 0 Å². The van der Waals surface area contributed by atoms with Crippen LogP contribution < -0.4 is 9.62 Å². The second-order valence-corrected chi connectivity index (χ2v) is 11.9. The monoisotopic (exact) mass is 609 g/mol. The van der Waals surface area contributed by atoms with Crippen LogP contribution in [-0.4, -0.2) is 44.8 Å². The van der Waals surface area contributed by atoms with E-state index in [-0.39, 0.29) is 39.5 Å². The third-order valence-corrected chi connectivity index (χ3v) is 9.11. The molecule has 41 heavy (non-hydrogen) atoms. The maximum absolute atomic E-state index is 14.2. The molecule has 4 aromatic carbocycles. The van der Waals surface area contributed by atoms with Gasteiger partial charge in [-0.15, -0.1) is 0 Å². The molecule has 0 saturated carbocycles. The number of sulfonamides is 1. The first-order valence-electron chi connectivity index (χ1n) is 12.8. The molecule has 0 radical (unpaired) electrons. The number of anilines is 1. The molecule has 1 atom stereocenters. The predicted octanol–water partition coefficient (Wildman–Crippen LogP) is 5.57. The lowest BCUT2D eigenvalue weighted by molar-refractivity contribution is -0.139. The molecule has 212 valence electrons. The summed E-state index contributed by atoms with van der Waals surface area (Å²) in [5.41, 5.74) is 1.68. The average molecular weight is 611 g/mol. The van der Waals surface area contributed by atoms with Crippen molar-refractivity contribution >= 4 is 50.7 Å². The molecule has 0 fully saturated rings. The van der Waals surface area contributed by atoms with Crippen molar-refractivity contribution in [3.05, 3.63) is 130 Å². The van der Waals surface area contributed by atoms with Gasteiger partial charge in [0.05, 0.1) is 20.6 Å². The lowest BCUT2D eigenvalue weighted by Crippen LogP contribution is -2.53. The highest BCUT2D eigenvalue weighted by Gasteiger charge is 2.35. The Morgan fingerprint density at radius 3 is 1.93 bits per heavy atom. The van der Waals surface area contributed by atoms with E-state index in [1.165, 1.54) is 36.2 Å². The van der Waals surface area contributed by atoms with Crippen molar-refractivity contribution in [1.29, 1.82) is 0 Å². The Morgan fingerprint density at radius 1 is 0.780 bits per heavy atom. The van der Waals surface area contributed by atoms with Gasteiger partial charge in [-0.3, -0.25) is 13.9 Å². The molecule has 4 rings (SSSR count). The maximum atomic E-state index is 14.2. The number of rotatable bonds is 11. The topological polar surface area (TPSA) is 86.8 Å². The largest absolute Gasteiger partial charge is 0.357 e. The van der Waals surface area contributed by atoms with E-state index in [2.05, 4.69) is 5.32 Å². The van der Waals surface area contributed by atoms with Gasteiger partial charge >= 0.3 is 0 Å². The number of nitrogens with zero attached hydrogens (tertiary/aromatic N) is 2. The number of amides is 2. The summed E-state index contributed by atoms with van der Waals surface area (Å²) in [5.74, 6) is -0.967. The number of carbonyl (C=O) groups is 2. The van der Waals surface area contributed by atoms with Gasteiger partial charge in [0.2, 0.25) is 11.8 Å². The quantitative estimate of drug-likeness (QED) is 0.241. The summed E-state index contributed by atoms with van der Waals surface area (Å²) >= 11 is 12.7. The van der Waals surface area contributed by atoms with Gasteiger partial charge in [-0.25, -0.2) is 8.42 Å². The minimum atomic E-state index is -4.26. The van der Waals surface area contributed by atoms with Crippen LogP contribution in [0.25, 0.3) is 0 Å². The Balaban J connectivity index is 1.80. The number of nitrogens with one attached hydrogen (secondary N) is 1. The third-order valence-electron chi connectivity index (χ3n) is 6.52. The predicted molar refractivity (Wildman–Crippen MR) is 162 cm³/mol. The standard InChI is InChI=1S/C31H29Cl2N3O4S/c1-34-31(38)28(20-23-12-5-2-6-13-23)35(21-24-14-7-3-8-15-24)29(37)22-36(27-19-11-18-26(32)30(27)33)41(39,40)25-16-9-4-10-17-25/h2-19,28H,20-22H2,1H3,(H,34,38)/t28-/m1/s1. The SMILES string of the molecule is CNC(=O)[C@@H](Cc1ccccc1)N(Cc1ccccc1)C(=O)CN(c1cccc(Cl)c1Cl)S(=O)(=O)c1ccccc1. The van der Waals surface area contributed by atoms with Crippen LogP contribution in [0.15, 0.2) is 114 Å². The van der Waals surface area contributed by atoms with E-state index in [0.717, 1.165) is 15.4 Å². The van der Waals surface area contributed by atoms with Crippen LogP contribution in [0.4, 0.5) is 5.69 Å². The molecule has 4 aromatic rings. The van der Waals surface area contributed by atoms with E-state index in [4.69, 9.17) is 23.2 Å². The number of halogens is 2. The van der Waals surface area contributed by atoms with Gasteiger partial charge < -0.3 is 10.2 Å². The third kappa shape index (κ3) is 7.27. The Hall–Kier alpha value is -3.85. The molecule has 0 aliphatic rings. The van der Waals surface area contributed by atoms with Gasteiger partial charge in [-0.1, -0.05) is 108 Å². The van der Waals surface area contributed by atoms with Crippen LogP contribution in [-0.2, 0) is 32.6 Å². The molecular weight excluding hydrogens is 581 g/mol. The zero-order valence-electron chi connectivity index (χ0n) is 22.3. The number of carbonyl (C=O) groups excluding carboxylic acids is 2. The Labute approximate surface area is 250 Å². The zero-order chi connectivity index (χ0) is 29.4. The van der Waals surface area contributed by atoms with E-state index in [1.807, 2.05) is 60.7 Å². The lowest BCUT2D eigenvalue weighted by atomic mass is 10.0. The summed E-state index contributed by atoms with van der Waals surface area (Å²) in [6, 6.07) is 30.0. The normalized spacial score (nSPS) is 11.9. The molecule has 7 nitrogen and oxygen atoms in total. The highest BCUT2D eigenvalue weighted by Crippen LogP contribution is 2.35. The van der Waals surface area contributed by atoms with Gasteiger partial charge in [0.25, 0.3) is 10.0 Å². The Morgan fingerprint density at radius 2 is 1.34 bits per heavy atom. The number of hydrogen-bond donors (Lipinski definition) is 1. The second kappa shape index (κ2) is 13.7. The van der Waals surface area contributed by atoms with Gasteiger partial charge in [0.15, 0.2) is 0 Å². The lowest BCUT2D eigenvalue weighted by Gasteiger charge is -2.33. The van der Waals surface area contributed by atoms with Crippen molar-refractivity contribution in [2.45, 2.75) is 23.9 Å². The minimum Gasteiger partial charge on any atom is -0.357 e. The van der Waals surface area contributed by atoms with Crippen LogP contribution in [0.2, 0.25) is 10.0 Å². The van der Waals surface area contributed by atoms with E-state index in [0.29, 0.717) is 0 Å². The number of benzene rings is 4. The van der Waals surface area contributed by atoms with E-state index < -0.39 is 28.5 Å². The summed E-state index contributed by atoms with van der Waals surface area (Å²) in [6.45, 7) is -0.542. The molecule has 0 heterocycles. The van der Waals surface area contributed by atoms with Crippen LogP contribution in [0, 0.1) is 0 Å². The van der Waals surface area contributed by atoms with Crippen LogP contribution >= 0.6 is 23.2 Å². The summed E-state index contributed by atoms with van der Waals surface area (Å²) in [4.78, 5) is 28.9. The molecule has 0 bridgehead atoms. The molecule has 10 heteroatoms. The van der Waals surface area contributed by atoms with Gasteiger partial charge in [-0.05, 0) is 35.4 Å². The van der Waals surface area contributed by atoms with Crippen LogP contribution in [0.5, 0.6) is 0 Å². The number of hydrogen-bond acceptors (Lipinski definition) is 4. The Bertz CT molecular complexity index is 1590. The first kappa shape index (κ1) is 30.1. The van der Waals surface area contributed by atoms with Crippen molar-refractivity contribution in [3.8, 4) is 0 Å². The molecule has 0 spiro atoms. The second-order valence-electron chi connectivity index (χ2n) is 9.22. The first-order chi connectivity index (χ1) is 19.7. The highest BCUT2D eigenvalue weighted by molar-refractivity contribution is 7.92. The first-order valence-corrected chi connectivity index (χ1v) is 15.0. The zero-order valence-corrected chi connectivity index (χ0v) is 24.6. The maximum Gasteiger partial charge on any atom is 0.264 e. The minimum absolute atomic E-state index is 0.0109. The molecule has 1 N–H and O–H groups in total. The Kier molecular flexibility index (Phi) is 10.0. The fourth-order valence-electron chi connectivity index (χ4n) is 4.42. The van der Waals surface area contributed by atoms with Crippen molar-refractivity contribution < 1.29 is 18.0 Å². The van der Waals surface area contributed by atoms with Gasteiger partial charge in [0, 0.05) is 20.0 Å². The van der Waals surface area contributed by atoms with E-state index >= 15 is 0 Å². The molecule has 0 aromatic heterocycles. The molecule has 2 amide bonds. The summed E-state index contributed by atoms with van der Waals surface area (Å²) < 4.78 is 28.8. The van der Waals surface area contributed by atoms with Gasteiger partial charge in [0.1, 0.15) is 12.6 Å². The molecule has 0 unspecified atom stereocenters. The average Bonchev–Trinajstić information content (AvgIpc) is 3.00. The van der Waals surface area contributed by atoms with Crippen molar-refractivity contribution in [3.63, 3.8) is 0 Å².